The van der Waals surface area contributed by atoms with Crippen molar-refractivity contribution >= 4 is 11.8 Å². The van der Waals surface area contributed by atoms with Gasteiger partial charge in [0.1, 0.15) is 0 Å². The SMILES string of the molecule is Cc1ccc(CCNC(=O)C2C3CCC4(CN(CCN)C(=O)C24)O3)cc1C. The molecule has 1 spiro atoms. The number of amides is 2. The molecule has 3 saturated heterocycles. The van der Waals surface area contributed by atoms with Gasteiger partial charge in [0.05, 0.1) is 30.1 Å². The molecule has 3 heterocycles. The molecule has 3 fully saturated rings. The van der Waals surface area contributed by atoms with Gasteiger partial charge < -0.3 is 20.7 Å². The van der Waals surface area contributed by atoms with E-state index in [1.165, 1.54) is 16.7 Å². The number of nitrogens with one attached hydrogen (secondary N) is 1. The van der Waals surface area contributed by atoms with E-state index in [-0.39, 0.29) is 29.8 Å². The molecule has 1 aromatic rings. The van der Waals surface area contributed by atoms with Crippen LogP contribution in [0.4, 0.5) is 0 Å². The topological polar surface area (TPSA) is 84.7 Å². The molecule has 3 N–H and O–H groups in total. The average molecular weight is 371 g/mol. The van der Waals surface area contributed by atoms with E-state index >= 15 is 0 Å². The molecule has 4 unspecified atom stereocenters. The maximum Gasteiger partial charge on any atom is 0.229 e. The van der Waals surface area contributed by atoms with Crippen molar-refractivity contribution in [1.29, 1.82) is 0 Å². The Hall–Kier alpha value is -1.92. The van der Waals surface area contributed by atoms with E-state index in [1.807, 2.05) is 0 Å². The zero-order chi connectivity index (χ0) is 19.2. The Morgan fingerprint density at radius 1 is 1.37 bits per heavy atom. The number of rotatable bonds is 6. The van der Waals surface area contributed by atoms with Crippen LogP contribution in [0.2, 0.25) is 0 Å². The molecule has 3 aliphatic rings. The molecule has 2 bridgehead atoms. The van der Waals surface area contributed by atoms with E-state index in [0.717, 1.165) is 19.3 Å². The first-order valence-electron chi connectivity index (χ1n) is 9.96. The van der Waals surface area contributed by atoms with Gasteiger partial charge in [0.15, 0.2) is 0 Å². The van der Waals surface area contributed by atoms with E-state index in [9.17, 15) is 9.59 Å². The molecule has 3 aliphatic heterocycles. The van der Waals surface area contributed by atoms with Crippen LogP contribution in [0, 0.1) is 25.7 Å². The summed E-state index contributed by atoms with van der Waals surface area (Å²) in [5.74, 6) is -0.714. The van der Waals surface area contributed by atoms with Gasteiger partial charge >= 0.3 is 0 Å². The number of hydrogen-bond acceptors (Lipinski definition) is 4. The number of fused-ring (bicyclic) bond motifs is 1. The van der Waals surface area contributed by atoms with Crippen LogP contribution in [0.15, 0.2) is 18.2 Å². The summed E-state index contributed by atoms with van der Waals surface area (Å²) < 4.78 is 6.19. The highest BCUT2D eigenvalue weighted by molar-refractivity contribution is 5.92. The van der Waals surface area contributed by atoms with Crippen LogP contribution >= 0.6 is 0 Å². The predicted octanol–water partition coefficient (Wildman–Crippen LogP) is 0.927. The number of carbonyl (C=O) groups excluding carboxylic acids is 2. The molecule has 146 valence electrons. The summed E-state index contributed by atoms with van der Waals surface area (Å²) in [7, 11) is 0. The molecule has 6 heteroatoms. The summed E-state index contributed by atoms with van der Waals surface area (Å²) in [5.41, 5.74) is 8.92. The second-order valence-corrected chi connectivity index (χ2v) is 8.27. The van der Waals surface area contributed by atoms with Gasteiger partial charge in [-0.15, -0.1) is 0 Å². The molecule has 4 rings (SSSR count). The van der Waals surface area contributed by atoms with Gasteiger partial charge in [0, 0.05) is 19.6 Å². The second kappa shape index (κ2) is 6.91. The number of benzene rings is 1. The molecule has 2 amide bonds. The normalized spacial score (nSPS) is 31.4. The highest BCUT2D eigenvalue weighted by atomic mass is 16.5. The molecule has 1 aromatic carbocycles. The standard InChI is InChI=1S/C21H29N3O3/c1-13-3-4-15(11-14(13)2)6-9-23-19(25)17-16-5-7-21(27-16)12-24(10-8-22)20(26)18(17)21/h3-4,11,16-18H,5-10,12,22H2,1-2H3,(H,23,25). The number of hydrogen-bond donors (Lipinski definition) is 2. The third kappa shape index (κ3) is 3.05. The molecule has 4 atom stereocenters. The molecule has 0 saturated carbocycles. The Bertz CT molecular complexity index is 765. The third-order valence-electron chi connectivity index (χ3n) is 6.59. The zero-order valence-electron chi connectivity index (χ0n) is 16.2. The third-order valence-corrected chi connectivity index (χ3v) is 6.59. The molecule has 27 heavy (non-hydrogen) atoms. The van der Waals surface area contributed by atoms with E-state index in [4.69, 9.17) is 10.5 Å². The summed E-state index contributed by atoms with van der Waals surface area (Å²) >= 11 is 0. The number of nitrogens with two attached hydrogens (primary N) is 1. The first-order valence-corrected chi connectivity index (χ1v) is 9.96. The smallest absolute Gasteiger partial charge is 0.229 e. The van der Waals surface area contributed by atoms with E-state index in [1.54, 1.807) is 4.90 Å². The quantitative estimate of drug-likeness (QED) is 0.779. The van der Waals surface area contributed by atoms with Gasteiger partial charge in [0.25, 0.3) is 0 Å². The Morgan fingerprint density at radius 3 is 2.93 bits per heavy atom. The maximum absolute atomic E-state index is 12.9. The second-order valence-electron chi connectivity index (χ2n) is 8.27. The fourth-order valence-electron chi connectivity index (χ4n) is 5.09. The lowest BCUT2D eigenvalue weighted by Gasteiger charge is -2.27. The van der Waals surface area contributed by atoms with Crippen LogP contribution in [0.1, 0.15) is 29.5 Å². The Morgan fingerprint density at radius 2 is 2.19 bits per heavy atom. The van der Waals surface area contributed by atoms with Gasteiger partial charge in [-0.05, 0) is 49.8 Å². The van der Waals surface area contributed by atoms with Crippen molar-refractivity contribution in [3.05, 3.63) is 34.9 Å². The molecular formula is C21H29N3O3. The van der Waals surface area contributed by atoms with E-state index < -0.39 is 5.60 Å². The van der Waals surface area contributed by atoms with Crippen molar-refractivity contribution in [2.45, 2.75) is 44.8 Å². The zero-order valence-corrected chi connectivity index (χ0v) is 16.2. The summed E-state index contributed by atoms with van der Waals surface area (Å²) in [6.07, 6.45) is 2.38. The molecule has 0 radical (unpaired) electrons. The fraction of sp³-hybridized carbons (Fsp3) is 0.619. The van der Waals surface area contributed by atoms with Crippen LogP contribution < -0.4 is 11.1 Å². The summed E-state index contributed by atoms with van der Waals surface area (Å²) in [6, 6.07) is 6.39. The van der Waals surface area contributed by atoms with Crippen molar-refractivity contribution in [3.63, 3.8) is 0 Å². The van der Waals surface area contributed by atoms with Gasteiger partial charge in [-0.2, -0.15) is 0 Å². The lowest BCUT2D eigenvalue weighted by atomic mass is 9.73. The van der Waals surface area contributed by atoms with E-state index in [0.29, 0.717) is 26.2 Å². The Balaban J connectivity index is 1.40. The lowest BCUT2D eigenvalue weighted by molar-refractivity contribution is -0.138. The van der Waals surface area contributed by atoms with Crippen molar-refractivity contribution in [2.24, 2.45) is 17.6 Å². The minimum absolute atomic E-state index is 0.0389. The van der Waals surface area contributed by atoms with Crippen molar-refractivity contribution in [1.82, 2.24) is 10.2 Å². The number of ether oxygens (including phenoxy) is 1. The minimum atomic E-state index is -0.465. The predicted molar refractivity (Wildman–Crippen MR) is 102 cm³/mol. The minimum Gasteiger partial charge on any atom is -0.368 e. The highest BCUT2D eigenvalue weighted by Crippen LogP contribution is 2.55. The van der Waals surface area contributed by atoms with Crippen molar-refractivity contribution < 1.29 is 14.3 Å². The van der Waals surface area contributed by atoms with Gasteiger partial charge in [-0.1, -0.05) is 18.2 Å². The maximum atomic E-state index is 12.9. The van der Waals surface area contributed by atoms with Gasteiger partial charge in [-0.3, -0.25) is 9.59 Å². The highest BCUT2D eigenvalue weighted by Gasteiger charge is 2.68. The van der Waals surface area contributed by atoms with Crippen LogP contribution in [0.3, 0.4) is 0 Å². The number of nitrogens with zero attached hydrogens (tertiary/aromatic N) is 1. The first-order chi connectivity index (χ1) is 12.9. The van der Waals surface area contributed by atoms with Crippen LogP contribution in [0.25, 0.3) is 0 Å². The monoisotopic (exact) mass is 371 g/mol. The summed E-state index contributed by atoms with van der Waals surface area (Å²) in [5, 5.41) is 3.05. The summed E-state index contributed by atoms with van der Waals surface area (Å²) in [4.78, 5) is 27.5. The van der Waals surface area contributed by atoms with Gasteiger partial charge in [0.2, 0.25) is 11.8 Å². The Kier molecular flexibility index (Phi) is 4.72. The average Bonchev–Trinajstić information content (AvgIpc) is 3.27. The van der Waals surface area contributed by atoms with E-state index in [2.05, 4.69) is 37.4 Å². The van der Waals surface area contributed by atoms with Crippen LogP contribution in [-0.4, -0.2) is 54.6 Å². The molecular weight excluding hydrogens is 342 g/mol. The largest absolute Gasteiger partial charge is 0.368 e. The number of carbonyl (C=O) groups is 2. The van der Waals surface area contributed by atoms with Crippen LogP contribution in [-0.2, 0) is 20.7 Å². The van der Waals surface area contributed by atoms with Crippen molar-refractivity contribution in [3.8, 4) is 0 Å². The fourth-order valence-corrected chi connectivity index (χ4v) is 5.09. The summed E-state index contributed by atoms with van der Waals surface area (Å²) in [6.45, 7) is 6.32. The molecule has 6 nitrogen and oxygen atoms in total. The molecule has 0 aliphatic carbocycles. The number of likely N-dealkylation sites (tertiary alicyclic amines) is 1. The first kappa shape index (κ1) is 18.4. The lowest BCUT2D eigenvalue weighted by Crippen LogP contribution is -2.46. The van der Waals surface area contributed by atoms with Crippen molar-refractivity contribution in [2.75, 3.05) is 26.2 Å². The van der Waals surface area contributed by atoms with Gasteiger partial charge in [-0.25, -0.2) is 0 Å². The number of aryl methyl sites for hydroxylation is 2. The van der Waals surface area contributed by atoms with Crippen LogP contribution in [0.5, 0.6) is 0 Å². The molecule has 0 aromatic heterocycles. The Labute approximate surface area is 160 Å².